The van der Waals surface area contributed by atoms with Crippen LogP contribution in [0, 0.1) is 11.7 Å². The quantitative estimate of drug-likeness (QED) is 0.512. The second-order valence-corrected chi connectivity index (χ2v) is 10.3. The molecule has 0 aromatic heterocycles. The summed E-state index contributed by atoms with van der Waals surface area (Å²) in [5.41, 5.74) is 0.617. The van der Waals surface area contributed by atoms with Gasteiger partial charge in [-0.1, -0.05) is 29.8 Å². The monoisotopic (exact) mass is 471 g/mol. The van der Waals surface area contributed by atoms with Gasteiger partial charge in [-0.15, -0.1) is 0 Å². The third kappa shape index (κ3) is 4.81. The minimum absolute atomic E-state index is 0.0260. The van der Waals surface area contributed by atoms with Gasteiger partial charge in [-0.05, 0) is 70.2 Å². The largest absolute Gasteiger partial charge is 0.444 e. The number of Topliss-reactive ketones (excluding diaryl/α,β-unsaturated/α-hetero) is 2. The SMILES string of the molecule is CC(=O)c1ccc(Cl)c(-c2cccc(CC(=O)[C@@H]3C[C@H]4C[C@H]4N3C(=O)OC(C)(C)C)c2F)c1. The summed E-state index contributed by atoms with van der Waals surface area (Å²) in [7, 11) is 0. The van der Waals surface area contributed by atoms with Crippen LogP contribution in [0.1, 0.15) is 56.5 Å². The van der Waals surface area contributed by atoms with E-state index < -0.39 is 23.6 Å². The van der Waals surface area contributed by atoms with E-state index in [2.05, 4.69) is 0 Å². The molecule has 1 amide bonds. The van der Waals surface area contributed by atoms with Crippen LogP contribution in [0.25, 0.3) is 11.1 Å². The maximum Gasteiger partial charge on any atom is 0.411 e. The van der Waals surface area contributed by atoms with Crippen molar-refractivity contribution < 1.29 is 23.5 Å². The van der Waals surface area contributed by atoms with Gasteiger partial charge in [-0.3, -0.25) is 14.5 Å². The lowest BCUT2D eigenvalue weighted by Crippen LogP contribution is -2.46. The Morgan fingerprint density at radius 3 is 2.52 bits per heavy atom. The first-order chi connectivity index (χ1) is 15.5. The maximum absolute atomic E-state index is 15.5. The Bertz CT molecular complexity index is 1140. The maximum atomic E-state index is 15.5. The van der Waals surface area contributed by atoms with E-state index in [4.69, 9.17) is 16.3 Å². The van der Waals surface area contributed by atoms with Crippen LogP contribution >= 0.6 is 11.6 Å². The fraction of sp³-hybridized carbons (Fsp3) is 0.423. The van der Waals surface area contributed by atoms with Gasteiger partial charge in [-0.25, -0.2) is 9.18 Å². The predicted octanol–water partition coefficient (Wildman–Crippen LogP) is 5.86. The van der Waals surface area contributed by atoms with E-state index >= 15 is 4.39 Å². The number of benzene rings is 2. The summed E-state index contributed by atoms with van der Waals surface area (Å²) in [5.74, 6) is -0.620. The number of halogens is 2. The van der Waals surface area contributed by atoms with Crippen LogP contribution < -0.4 is 0 Å². The fourth-order valence-corrected chi connectivity index (χ4v) is 4.72. The molecule has 0 unspecified atom stereocenters. The molecule has 5 nitrogen and oxygen atoms in total. The van der Waals surface area contributed by atoms with Crippen molar-refractivity contribution in [3.05, 3.63) is 58.4 Å². The molecule has 0 spiro atoms. The number of piperidine rings is 1. The van der Waals surface area contributed by atoms with Crippen molar-refractivity contribution in [1.29, 1.82) is 0 Å². The topological polar surface area (TPSA) is 63.7 Å². The van der Waals surface area contributed by atoms with Gasteiger partial charge < -0.3 is 4.74 Å². The predicted molar refractivity (Wildman–Crippen MR) is 124 cm³/mol. The van der Waals surface area contributed by atoms with Gasteiger partial charge in [0.2, 0.25) is 0 Å². The minimum Gasteiger partial charge on any atom is -0.444 e. The van der Waals surface area contributed by atoms with Crippen LogP contribution in [0.4, 0.5) is 9.18 Å². The number of carbonyl (C=O) groups excluding carboxylic acids is 3. The number of hydrogen-bond acceptors (Lipinski definition) is 4. The highest BCUT2D eigenvalue weighted by atomic mass is 35.5. The van der Waals surface area contributed by atoms with Crippen LogP contribution in [0.3, 0.4) is 0 Å². The van der Waals surface area contributed by atoms with E-state index in [1.54, 1.807) is 62.1 Å². The molecule has 0 radical (unpaired) electrons. The van der Waals surface area contributed by atoms with Gasteiger partial charge in [0.15, 0.2) is 11.6 Å². The number of likely N-dealkylation sites (tertiary alicyclic amines) is 1. The van der Waals surface area contributed by atoms with Crippen LogP contribution in [0.2, 0.25) is 5.02 Å². The van der Waals surface area contributed by atoms with E-state index in [0.717, 1.165) is 6.42 Å². The Morgan fingerprint density at radius 2 is 1.85 bits per heavy atom. The number of ether oxygens (including phenoxy) is 1. The van der Waals surface area contributed by atoms with Crippen molar-refractivity contribution in [1.82, 2.24) is 4.90 Å². The lowest BCUT2D eigenvalue weighted by atomic mass is 9.95. The van der Waals surface area contributed by atoms with Crippen LogP contribution in [0.15, 0.2) is 36.4 Å². The molecule has 2 aromatic carbocycles. The third-order valence-electron chi connectivity index (χ3n) is 6.19. The lowest BCUT2D eigenvalue weighted by Gasteiger charge is -2.30. The van der Waals surface area contributed by atoms with Gasteiger partial charge >= 0.3 is 6.09 Å². The second kappa shape index (κ2) is 8.56. The minimum atomic E-state index is -0.661. The van der Waals surface area contributed by atoms with Crippen LogP contribution in [-0.4, -0.2) is 40.2 Å². The van der Waals surface area contributed by atoms with Gasteiger partial charge in [0.25, 0.3) is 0 Å². The normalized spacial score (nSPS) is 21.5. The number of ketones is 2. The molecule has 0 N–H and O–H groups in total. The molecule has 7 heteroatoms. The smallest absolute Gasteiger partial charge is 0.411 e. The molecule has 0 bridgehead atoms. The molecule has 1 aliphatic carbocycles. The number of amides is 1. The molecule has 1 saturated heterocycles. The Balaban J connectivity index is 1.58. The van der Waals surface area contributed by atoms with Crippen molar-refractivity contribution >= 4 is 29.3 Å². The van der Waals surface area contributed by atoms with Crippen molar-refractivity contribution in [2.45, 2.75) is 64.6 Å². The number of nitrogens with zero attached hydrogens (tertiary/aromatic N) is 1. The molecule has 2 fully saturated rings. The standard InChI is InChI=1S/C26H27ClFNO4/c1-14(30)15-8-9-20(27)19(10-15)18-7-5-6-16(24(18)28)13-23(31)22-12-17-11-21(17)29(22)25(32)33-26(2,3)4/h5-10,17,21-22H,11-13H2,1-4H3/t17-,21-,22+/m1/s1. The molecule has 174 valence electrons. The second-order valence-electron chi connectivity index (χ2n) is 9.87. The van der Waals surface area contributed by atoms with Crippen LogP contribution in [-0.2, 0) is 16.0 Å². The molecule has 1 aliphatic heterocycles. The van der Waals surface area contributed by atoms with Gasteiger partial charge in [-0.2, -0.15) is 0 Å². The number of rotatable bonds is 5. The van der Waals surface area contributed by atoms with Crippen molar-refractivity contribution in [2.75, 3.05) is 0 Å². The van der Waals surface area contributed by atoms with E-state index in [1.165, 1.54) is 6.92 Å². The van der Waals surface area contributed by atoms with Gasteiger partial charge in [0, 0.05) is 34.2 Å². The Morgan fingerprint density at radius 1 is 1.12 bits per heavy atom. The Labute approximate surface area is 197 Å². The molecular weight excluding hydrogens is 445 g/mol. The summed E-state index contributed by atoms with van der Waals surface area (Å²) in [6.45, 7) is 6.79. The Hall–Kier alpha value is -2.73. The summed E-state index contributed by atoms with van der Waals surface area (Å²) < 4.78 is 21.0. The third-order valence-corrected chi connectivity index (χ3v) is 6.52. The molecule has 2 aliphatic rings. The summed E-state index contributed by atoms with van der Waals surface area (Å²) in [6, 6.07) is 8.93. The lowest BCUT2D eigenvalue weighted by molar-refractivity contribution is -0.123. The summed E-state index contributed by atoms with van der Waals surface area (Å²) in [6.07, 6.45) is 0.814. The van der Waals surface area contributed by atoms with Gasteiger partial charge in [0.05, 0.1) is 6.04 Å². The molecule has 2 aromatic rings. The highest BCUT2D eigenvalue weighted by molar-refractivity contribution is 6.33. The molecule has 3 atom stereocenters. The zero-order valence-corrected chi connectivity index (χ0v) is 19.9. The Kier molecular flexibility index (Phi) is 6.08. The molecule has 4 rings (SSSR count). The highest BCUT2D eigenvalue weighted by Gasteiger charge is 2.56. The summed E-state index contributed by atoms with van der Waals surface area (Å²) >= 11 is 6.29. The average Bonchev–Trinajstić information content (AvgIpc) is 3.37. The van der Waals surface area contributed by atoms with Crippen molar-refractivity contribution in [3.63, 3.8) is 0 Å². The molecule has 33 heavy (non-hydrogen) atoms. The van der Waals surface area contributed by atoms with Gasteiger partial charge in [0.1, 0.15) is 11.4 Å². The summed E-state index contributed by atoms with van der Waals surface area (Å²) in [4.78, 5) is 39.2. The van der Waals surface area contributed by atoms with Crippen LogP contribution in [0.5, 0.6) is 0 Å². The fourth-order valence-electron chi connectivity index (χ4n) is 4.50. The first-order valence-electron chi connectivity index (χ1n) is 11.1. The molecular formula is C26H27ClFNO4. The van der Waals surface area contributed by atoms with Crippen molar-refractivity contribution in [2.24, 2.45) is 5.92 Å². The van der Waals surface area contributed by atoms with Crippen molar-refractivity contribution in [3.8, 4) is 11.1 Å². The molecule has 1 heterocycles. The van der Waals surface area contributed by atoms with E-state index in [9.17, 15) is 14.4 Å². The number of hydrogen-bond donors (Lipinski definition) is 0. The van der Waals surface area contributed by atoms with E-state index in [-0.39, 0.29) is 35.2 Å². The summed E-state index contributed by atoms with van der Waals surface area (Å²) in [5, 5.41) is 0.314. The first kappa shape index (κ1) is 23.4. The molecule has 1 saturated carbocycles. The van der Waals surface area contributed by atoms with E-state index in [0.29, 0.717) is 28.5 Å². The van der Waals surface area contributed by atoms with E-state index in [1.807, 2.05) is 0 Å². The zero-order chi connectivity index (χ0) is 24.1. The number of carbonyl (C=O) groups is 3. The first-order valence-corrected chi connectivity index (χ1v) is 11.5. The zero-order valence-electron chi connectivity index (χ0n) is 19.2. The highest BCUT2D eigenvalue weighted by Crippen LogP contribution is 2.48. The number of fused-ring (bicyclic) bond motifs is 1. The average molecular weight is 472 g/mol.